The molecule has 0 bridgehead atoms. The van der Waals surface area contributed by atoms with Crippen LogP contribution in [0.2, 0.25) is 0 Å². The zero-order chi connectivity index (χ0) is 15.5. The SMILES string of the molecule is CCCCCCOCC(O)CNC(c1cccs1)C(C)C. The van der Waals surface area contributed by atoms with Crippen LogP contribution in [0.15, 0.2) is 17.5 Å². The molecule has 0 aliphatic carbocycles. The molecule has 0 fully saturated rings. The van der Waals surface area contributed by atoms with Crippen LogP contribution in [0.3, 0.4) is 0 Å². The highest BCUT2D eigenvalue weighted by Crippen LogP contribution is 2.25. The lowest BCUT2D eigenvalue weighted by molar-refractivity contribution is 0.0334. The Labute approximate surface area is 133 Å². The molecule has 0 aromatic carbocycles. The molecule has 0 spiro atoms. The normalized spacial score (nSPS) is 14.5. The molecule has 2 unspecified atom stereocenters. The van der Waals surface area contributed by atoms with Gasteiger partial charge in [0, 0.05) is 24.1 Å². The van der Waals surface area contributed by atoms with Gasteiger partial charge in [0.1, 0.15) is 0 Å². The Morgan fingerprint density at radius 3 is 2.71 bits per heavy atom. The Morgan fingerprint density at radius 1 is 1.29 bits per heavy atom. The van der Waals surface area contributed by atoms with Crippen molar-refractivity contribution in [2.75, 3.05) is 19.8 Å². The number of ether oxygens (including phenoxy) is 1. The van der Waals surface area contributed by atoms with E-state index in [1.54, 1.807) is 11.3 Å². The first-order chi connectivity index (χ1) is 10.1. The standard InChI is InChI=1S/C17H31NO2S/c1-4-5-6-7-10-20-13-15(19)12-18-17(14(2)3)16-9-8-11-21-16/h8-9,11,14-15,17-19H,4-7,10,12-13H2,1-3H3. The van der Waals surface area contributed by atoms with Crippen LogP contribution in [0.5, 0.6) is 0 Å². The molecule has 0 aliphatic rings. The van der Waals surface area contributed by atoms with Crippen molar-refractivity contribution in [1.82, 2.24) is 5.32 Å². The summed E-state index contributed by atoms with van der Waals surface area (Å²) in [6, 6.07) is 4.54. The lowest BCUT2D eigenvalue weighted by Gasteiger charge is -2.23. The summed E-state index contributed by atoms with van der Waals surface area (Å²) in [7, 11) is 0. The summed E-state index contributed by atoms with van der Waals surface area (Å²) in [6.07, 6.45) is 4.39. The van der Waals surface area contributed by atoms with Crippen LogP contribution in [0, 0.1) is 5.92 Å². The summed E-state index contributed by atoms with van der Waals surface area (Å²) in [5, 5.41) is 15.6. The van der Waals surface area contributed by atoms with E-state index in [1.807, 2.05) is 0 Å². The number of rotatable bonds is 12. The van der Waals surface area contributed by atoms with Gasteiger partial charge in [0.15, 0.2) is 0 Å². The van der Waals surface area contributed by atoms with Gasteiger partial charge in [-0.05, 0) is 23.8 Å². The second kappa shape index (κ2) is 11.2. The second-order valence-electron chi connectivity index (χ2n) is 5.93. The first kappa shape index (κ1) is 18.6. The van der Waals surface area contributed by atoms with E-state index in [-0.39, 0.29) is 0 Å². The van der Waals surface area contributed by atoms with Crippen LogP contribution in [0.1, 0.15) is 57.4 Å². The minimum Gasteiger partial charge on any atom is -0.389 e. The fourth-order valence-corrected chi connectivity index (χ4v) is 3.28. The Morgan fingerprint density at radius 2 is 2.10 bits per heavy atom. The average molecular weight is 314 g/mol. The molecule has 0 radical (unpaired) electrons. The average Bonchev–Trinajstić information content (AvgIpc) is 2.96. The molecule has 1 aromatic rings. The van der Waals surface area contributed by atoms with Crippen LogP contribution in [0.4, 0.5) is 0 Å². The first-order valence-corrected chi connectivity index (χ1v) is 9.05. The maximum atomic E-state index is 10.00. The van der Waals surface area contributed by atoms with Crippen LogP contribution < -0.4 is 5.32 Å². The Bertz CT molecular complexity index is 341. The fourth-order valence-electron chi connectivity index (χ4n) is 2.31. The van der Waals surface area contributed by atoms with Crippen LogP contribution in [-0.4, -0.2) is 31.0 Å². The van der Waals surface area contributed by atoms with Gasteiger partial charge in [0.05, 0.1) is 12.7 Å². The molecule has 3 nitrogen and oxygen atoms in total. The van der Waals surface area contributed by atoms with Crippen molar-refractivity contribution in [1.29, 1.82) is 0 Å². The summed E-state index contributed by atoms with van der Waals surface area (Å²) in [6.45, 7) is 8.37. The highest BCUT2D eigenvalue weighted by Gasteiger charge is 2.17. The lowest BCUT2D eigenvalue weighted by Crippen LogP contribution is -2.34. The monoisotopic (exact) mass is 313 g/mol. The third-order valence-electron chi connectivity index (χ3n) is 3.54. The minimum absolute atomic E-state index is 0.309. The van der Waals surface area contributed by atoms with Gasteiger partial charge >= 0.3 is 0 Å². The lowest BCUT2D eigenvalue weighted by atomic mass is 10.0. The number of aliphatic hydroxyl groups excluding tert-OH is 1. The van der Waals surface area contributed by atoms with Crippen molar-refractivity contribution in [3.63, 3.8) is 0 Å². The zero-order valence-electron chi connectivity index (χ0n) is 13.7. The molecule has 2 atom stereocenters. The molecule has 4 heteroatoms. The van der Waals surface area contributed by atoms with E-state index in [0.717, 1.165) is 13.0 Å². The molecule has 0 saturated carbocycles. The second-order valence-corrected chi connectivity index (χ2v) is 6.91. The van der Waals surface area contributed by atoms with E-state index in [1.165, 1.54) is 24.1 Å². The van der Waals surface area contributed by atoms with Gasteiger partial charge in [0.25, 0.3) is 0 Å². The van der Waals surface area contributed by atoms with Crippen molar-refractivity contribution in [2.24, 2.45) is 5.92 Å². The van der Waals surface area contributed by atoms with Crippen molar-refractivity contribution in [3.05, 3.63) is 22.4 Å². The van der Waals surface area contributed by atoms with Gasteiger partial charge in [-0.3, -0.25) is 0 Å². The van der Waals surface area contributed by atoms with E-state index in [9.17, 15) is 5.11 Å². The summed E-state index contributed by atoms with van der Waals surface area (Å²) in [5.41, 5.74) is 0. The maximum Gasteiger partial charge on any atom is 0.0897 e. The number of thiophene rings is 1. The smallest absolute Gasteiger partial charge is 0.0897 e. The largest absolute Gasteiger partial charge is 0.389 e. The Hall–Kier alpha value is -0.420. The van der Waals surface area contributed by atoms with Crippen LogP contribution >= 0.6 is 11.3 Å². The maximum absolute atomic E-state index is 10.00. The molecular formula is C17H31NO2S. The van der Waals surface area contributed by atoms with E-state index in [0.29, 0.717) is 25.1 Å². The predicted octanol–water partition coefficient (Wildman–Crippen LogP) is 3.99. The minimum atomic E-state index is -0.433. The van der Waals surface area contributed by atoms with Gasteiger partial charge in [-0.2, -0.15) is 0 Å². The number of hydrogen-bond donors (Lipinski definition) is 2. The summed E-state index contributed by atoms with van der Waals surface area (Å²) >= 11 is 1.76. The molecule has 1 aromatic heterocycles. The predicted molar refractivity (Wildman–Crippen MR) is 90.9 cm³/mol. The third-order valence-corrected chi connectivity index (χ3v) is 4.50. The molecule has 21 heavy (non-hydrogen) atoms. The van der Waals surface area contributed by atoms with Crippen molar-refractivity contribution in [3.8, 4) is 0 Å². The van der Waals surface area contributed by atoms with Gasteiger partial charge in [-0.15, -0.1) is 11.3 Å². The molecule has 0 saturated heterocycles. The number of hydrogen-bond acceptors (Lipinski definition) is 4. The molecule has 0 aliphatic heterocycles. The molecular weight excluding hydrogens is 282 g/mol. The summed E-state index contributed by atoms with van der Waals surface area (Å²) in [5.74, 6) is 0.505. The van der Waals surface area contributed by atoms with Crippen molar-refractivity contribution >= 4 is 11.3 Å². The molecule has 0 amide bonds. The van der Waals surface area contributed by atoms with E-state index >= 15 is 0 Å². The van der Waals surface area contributed by atoms with Gasteiger partial charge in [0.2, 0.25) is 0 Å². The third kappa shape index (κ3) is 7.96. The summed E-state index contributed by atoms with van der Waals surface area (Å²) < 4.78 is 5.54. The van der Waals surface area contributed by atoms with Gasteiger partial charge in [-0.1, -0.05) is 46.1 Å². The van der Waals surface area contributed by atoms with Crippen LogP contribution in [-0.2, 0) is 4.74 Å². The van der Waals surface area contributed by atoms with Crippen molar-refractivity contribution < 1.29 is 9.84 Å². The molecule has 1 rings (SSSR count). The number of aliphatic hydroxyl groups is 1. The first-order valence-electron chi connectivity index (χ1n) is 8.17. The topological polar surface area (TPSA) is 41.5 Å². The molecule has 1 heterocycles. The van der Waals surface area contributed by atoms with Crippen LogP contribution in [0.25, 0.3) is 0 Å². The van der Waals surface area contributed by atoms with E-state index in [4.69, 9.17) is 4.74 Å². The highest BCUT2D eigenvalue weighted by atomic mass is 32.1. The number of nitrogens with one attached hydrogen (secondary N) is 1. The van der Waals surface area contributed by atoms with E-state index in [2.05, 4.69) is 43.6 Å². The molecule has 122 valence electrons. The van der Waals surface area contributed by atoms with Gasteiger partial charge in [-0.25, -0.2) is 0 Å². The number of unbranched alkanes of at least 4 members (excludes halogenated alkanes) is 3. The Balaban J connectivity index is 2.17. The zero-order valence-corrected chi connectivity index (χ0v) is 14.5. The van der Waals surface area contributed by atoms with Crippen molar-refractivity contribution in [2.45, 2.75) is 58.6 Å². The Kier molecular flexibility index (Phi) is 9.92. The highest BCUT2D eigenvalue weighted by molar-refractivity contribution is 7.10. The quantitative estimate of drug-likeness (QED) is 0.573. The van der Waals surface area contributed by atoms with Gasteiger partial charge < -0.3 is 15.2 Å². The molecule has 2 N–H and O–H groups in total. The van der Waals surface area contributed by atoms with E-state index < -0.39 is 6.10 Å². The summed E-state index contributed by atoms with van der Waals surface area (Å²) in [4.78, 5) is 1.33. The fraction of sp³-hybridized carbons (Fsp3) is 0.765.